The van der Waals surface area contributed by atoms with E-state index in [0.717, 1.165) is 5.56 Å². The van der Waals surface area contributed by atoms with Crippen LogP contribution in [-0.4, -0.2) is 41.5 Å². The maximum Gasteiger partial charge on any atom is 0.309 e. The molecule has 19 heavy (non-hydrogen) atoms. The van der Waals surface area contributed by atoms with Gasteiger partial charge in [-0.25, -0.2) is 0 Å². The summed E-state index contributed by atoms with van der Waals surface area (Å²) in [6, 6.07) is 1.91. The second-order valence-electron chi connectivity index (χ2n) is 4.80. The van der Waals surface area contributed by atoms with Crippen molar-refractivity contribution in [2.75, 3.05) is 19.7 Å². The number of carbonyl (C=O) groups is 2. The van der Waals surface area contributed by atoms with Gasteiger partial charge in [0.25, 0.3) is 0 Å². The largest absolute Gasteiger partial charge is 0.466 e. The third kappa shape index (κ3) is 3.59. The van der Waals surface area contributed by atoms with Gasteiger partial charge < -0.3 is 14.6 Å². The van der Waals surface area contributed by atoms with Gasteiger partial charge in [-0.3, -0.25) is 9.59 Å². The van der Waals surface area contributed by atoms with Crippen LogP contribution in [-0.2, 0) is 20.7 Å². The number of hydrogen-bond donors (Lipinski definition) is 1. The zero-order chi connectivity index (χ0) is 13.7. The number of esters is 1. The molecule has 5 nitrogen and oxygen atoms in total. The van der Waals surface area contributed by atoms with Crippen molar-refractivity contribution in [3.8, 4) is 0 Å². The molecule has 0 saturated carbocycles. The molecule has 2 heterocycles. The van der Waals surface area contributed by atoms with Crippen LogP contribution in [0.25, 0.3) is 0 Å². The predicted octanol–water partition coefficient (Wildman–Crippen LogP) is 1.36. The van der Waals surface area contributed by atoms with Crippen molar-refractivity contribution >= 4 is 11.9 Å². The first kappa shape index (κ1) is 13.6. The molecule has 1 aliphatic rings. The first-order valence-electron chi connectivity index (χ1n) is 6.76. The Morgan fingerprint density at radius 3 is 2.74 bits per heavy atom. The van der Waals surface area contributed by atoms with Crippen molar-refractivity contribution in [1.82, 2.24) is 9.88 Å². The summed E-state index contributed by atoms with van der Waals surface area (Å²) >= 11 is 0. The third-order valence-corrected chi connectivity index (χ3v) is 3.49. The number of ether oxygens (including phenoxy) is 1. The average molecular weight is 264 g/mol. The molecule has 0 spiro atoms. The maximum atomic E-state index is 12.1. The van der Waals surface area contributed by atoms with Crippen molar-refractivity contribution in [2.45, 2.75) is 26.2 Å². The van der Waals surface area contributed by atoms with Crippen LogP contribution in [0.15, 0.2) is 18.5 Å². The van der Waals surface area contributed by atoms with Gasteiger partial charge in [-0.2, -0.15) is 0 Å². The lowest BCUT2D eigenvalue weighted by molar-refractivity contribution is -0.151. The highest BCUT2D eigenvalue weighted by atomic mass is 16.5. The highest BCUT2D eigenvalue weighted by molar-refractivity contribution is 5.79. The van der Waals surface area contributed by atoms with E-state index in [2.05, 4.69) is 4.98 Å². The summed E-state index contributed by atoms with van der Waals surface area (Å²) in [7, 11) is 0. The second kappa shape index (κ2) is 6.41. The fraction of sp³-hybridized carbons (Fsp3) is 0.571. The van der Waals surface area contributed by atoms with Gasteiger partial charge in [0, 0.05) is 25.5 Å². The van der Waals surface area contributed by atoms with Gasteiger partial charge in [-0.05, 0) is 31.4 Å². The number of aromatic nitrogens is 1. The van der Waals surface area contributed by atoms with Gasteiger partial charge in [-0.15, -0.1) is 0 Å². The minimum Gasteiger partial charge on any atom is -0.466 e. The Hall–Kier alpha value is -1.78. The molecule has 0 atom stereocenters. The monoisotopic (exact) mass is 264 g/mol. The van der Waals surface area contributed by atoms with Crippen molar-refractivity contribution in [2.24, 2.45) is 5.92 Å². The third-order valence-electron chi connectivity index (χ3n) is 3.49. The van der Waals surface area contributed by atoms with Crippen LogP contribution in [0.2, 0.25) is 0 Å². The van der Waals surface area contributed by atoms with Gasteiger partial charge >= 0.3 is 5.97 Å². The smallest absolute Gasteiger partial charge is 0.309 e. The van der Waals surface area contributed by atoms with Gasteiger partial charge in [0.15, 0.2) is 0 Å². The Kier molecular flexibility index (Phi) is 4.60. The number of piperidine rings is 1. The van der Waals surface area contributed by atoms with Gasteiger partial charge in [0.2, 0.25) is 5.91 Å². The van der Waals surface area contributed by atoms with E-state index in [1.54, 1.807) is 0 Å². The highest BCUT2D eigenvalue weighted by Crippen LogP contribution is 2.19. The van der Waals surface area contributed by atoms with E-state index in [-0.39, 0.29) is 17.8 Å². The maximum absolute atomic E-state index is 12.1. The van der Waals surface area contributed by atoms with E-state index >= 15 is 0 Å². The van der Waals surface area contributed by atoms with Gasteiger partial charge in [0.1, 0.15) is 0 Å². The molecule has 1 saturated heterocycles. The Balaban J connectivity index is 1.79. The molecule has 2 rings (SSSR count). The lowest BCUT2D eigenvalue weighted by Crippen LogP contribution is -2.41. The SMILES string of the molecule is CCOC(=O)C1CCN(C(=O)Cc2cc[nH]c2)CC1. The molecule has 1 aromatic heterocycles. The standard InChI is InChI=1S/C14H20N2O3/c1-2-19-14(18)12-4-7-16(8-5-12)13(17)9-11-3-6-15-10-11/h3,6,10,12,15H,2,4-5,7-9H2,1H3. The molecular weight excluding hydrogens is 244 g/mol. The van der Waals surface area contributed by atoms with Crippen LogP contribution < -0.4 is 0 Å². The number of nitrogens with zero attached hydrogens (tertiary/aromatic N) is 1. The molecule has 1 aliphatic heterocycles. The van der Waals surface area contributed by atoms with Crippen LogP contribution in [0.5, 0.6) is 0 Å². The predicted molar refractivity (Wildman–Crippen MR) is 70.4 cm³/mol. The van der Waals surface area contributed by atoms with E-state index in [1.807, 2.05) is 30.3 Å². The molecule has 1 fully saturated rings. The molecule has 1 amide bonds. The normalized spacial score (nSPS) is 16.4. The zero-order valence-corrected chi connectivity index (χ0v) is 11.2. The van der Waals surface area contributed by atoms with Gasteiger partial charge in [-0.1, -0.05) is 0 Å². The summed E-state index contributed by atoms with van der Waals surface area (Å²) in [5.74, 6) is -0.0431. The summed E-state index contributed by atoms with van der Waals surface area (Å²) < 4.78 is 5.02. The molecule has 0 unspecified atom stereocenters. The van der Waals surface area contributed by atoms with E-state index in [9.17, 15) is 9.59 Å². The number of rotatable bonds is 4. The summed E-state index contributed by atoms with van der Waals surface area (Å²) in [5.41, 5.74) is 0.998. The molecule has 1 aromatic rings. The number of aromatic amines is 1. The van der Waals surface area contributed by atoms with Crippen LogP contribution >= 0.6 is 0 Å². The van der Waals surface area contributed by atoms with Crippen molar-refractivity contribution in [3.63, 3.8) is 0 Å². The Morgan fingerprint density at radius 1 is 1.42 bits per heavy atom. The minimum atomic E-state index is -0.125. The molecule has 104 valence electrons. The molecule has 5 heteroatoms. The summed E-state index contributed by atoms with van der Waals surface area (Å²) in [6.07, 6.45) is 5.49. The number of hydrogen-bond acceptors (Lipinski definition) is 3. The van der Waals surface area contributed by atoms with Crippen LogP contribution in [0.4, 0.5) is 0 Å². The first-order chi connectivity index (χ1) is 9.20. The van der Waals surface area contributed by atoms with E-state index in [1.165, 1.54) is 0 Å². The molecule has 0 aromatic carbocycles. The topological polar surface area (TPSA) is 62.4 Å². The summed E-state index contributed by atoms with van der Waals surface area (Å²) in [4.78, 5) is 28.4. The quantitative estimate of drug-likeness (QED) is 0.835. The van der Waals surface area contributed by atoms with Crippen LogP contribution in [0.3, 0.4) is 0 Å². The fourth-order valence-corrected chi connectivity index (χ4v) is 2.38. The molecule has 1 N–H and O–H groups in total. The van der Waals surface area contributed by atoms with E-state index in [0.29, 0.717) is 39.0 Å². The minimum absolute atomic E-state index is 0.0451. The van der Waals surface area contributed by atoms with Crippen LogP contribution in [0, 0.1) is 5.92 Å². The van der Waals surface area contributed by atoms with Crippen molar-refractivity contribution in [1.29, 1.82) is 0 Å². The number of likely N-dealkylation sites (tertiary alicyclic amines) is 1. The second-order valence-corrected chi connectivity index (χ2v) is 4.80. The Labute approximate surface area is 112 Å². The summed E-state index contributed by atoms with van der Waals surface area (Å²) in [6.45, 7) is 3.53. The summed E-state index contributed by atoms with van der Waals surface area (Å²) in [5, 5.41) is 0. The highest BCUT2D eigenvalue weighted by Gasteiger charge is 2.28. The number of carbonyl (C=O) groups excluding carboxylic acids is 2. The molecule has 0 bridgehead atoms. The molecular formula is C14H20N2O3. The lowest BCUT2D eigenvalue weighted by atomic mass is 9.96. The molecule has 0 aliphatic carbocycles. The Bertz CT molecular complexity index is 420. The first-order valence-corrected chi connectivity index (χ1v) is 6.76. The fourth-order valence-electron chi connectivity index (χ4n) is 2.38. The van der Waals surface area contributed by atoms with Crippen LogP contribution in [0.1, 0.15) is 25.3 Å². The zero-order valence-electron chi connectivity index (χ0n) is 11.2. The lowest BCUT2D eigenvalue weighted by Gasteiger charge is -2.30. The van der Waals surface area contributed by atoms with E-state index in [4.69, 9.17) is 4.74 Å². The van der Waals surface area contributed by atoms with E-state index < -0.39 is 0 Å². The number of amides is 1. The van der Waals surface area contributed by atoms with Crippen molar-refractivity contribution in [3.05, 3.63) is 24.0 Å². The Morgan fingerprint density at radius 2 is 2.16 bits per heavy atom. The van der Waals surface area contributed by atoms with Crippen molar-refractivity contribution < 1.29 is 14.3 Å². The molecule has 0 radical (unpaired) electrons. The average Bonchev–Trinajstić information content (AvgIpc) is 2.92. The van der Waals surface area contributed by atoms with Gasteiger partial charge in [0.05, 0.1) is 18.9 Å². The number of H-pyrrole nitrogens is 1. The number of nitrogens with one attached hydrogen (secondary N) is 1.